The molecule has 1 heterocycles. The molecule has 1 aromatic rings. The number of carbonyl (C=O) groups is 2. The van der Waals surface area contributed by atoms with Crippen LogP contribution in [-0.2, 0) is 16.2 Å². The van der Waals surface area contributed by atoms with Crippen molar-refractivity contribution in [3.8, 4) is 11.5 Å². The molecule has 4 unspecified atom stereocenters. The largest absolute Gasteiger partial charge is 0.493 e. The highest BCUT2D eigenvalue weighted by molar-refractivity contribution is 5.96. The van der Waals surface area contributed by atoms with Gasteiger partial charge >= 0.3 is 0 Å². The molecule has 4 atom stereocenters. The van der Waals surface area contributed by atoms with Gasteiger partial charge in [0.2, 0.25) is 11.8 Å². The van der Waals surface area contributed by atoms with Crippen molar-refractivity contribution < 1.29 is 34.4 Å². The summed E-state index contributed by atoms with van der Waals surface area (Å²) in [4.78, 5) is 30.1. The smallest absolute Gasteiger partial charge is 0.247 e. The molecule has 9 nitrogen and oxygen atoms in total. The summed E-state index contributed by atoms with van der Waals surface area (Å²) in [6.07, 6.45) is 13.4. The molecular weight excluding hydrogens is 572 g/mol. The number of hydrogen-bond donors (Lipinski definition) is 4. The van der Waals surface area contributed by atoms with Gasteiger partial charge in [-0.3, -0.25) is 9.59 Å². The van der Waals surface area contributed by atoms with E-state index >= 15 is 0 Å². The Labute approximate surface area is 266 Å². The first-order valence-corrected chi connectivity index (χ1v) is 17.4. The molecular formula is C36H50N2O7. The van der Waals surface area contributed by atoms with E-state index in [9.17, 15) is 24.9 Å². The highest BCUT2D eigenvalue weighted by Crippen LogP contribution is 2.60. The zero-order valence-corrected chi connectivity index (χ0v) is 26.6. The molecule has 8 rings (SSSR count). The van der Waals surface area contributed by atoms with Gasteiger partial charge in [-0.15, -0.1) is 0 Å². The summed E-state index contributed by atoms with van der Waals surface area (Å²) >= 11 is 0. The van der Waals surface area contributed by atoms with Crippen LogP contribution in [0.4, 0.5) is 0 Å². The molecule has 45 heavy (non-hydrogen) atoms. The Kier molecular flexibility index (Phi) is 8.63. The van der Waals surface area contributed by atoms with Gasteiger partial charge in [0.1, 0.15) is 12.2 Å². The fourth-order valence-electron chi connectivity index (χ4n) is 10.6. The second-order valence-electron chi connectivity index (χ2n) is 15.1. The lowest BCUT2D eigenvalue weighted by atomic mass is 9.49. The summed E-state index contributed by atoms with van der Waals surface area (Å²) in [6, 6.07) is 2.80. The van der Waals surface area contributed by atoms with E-state index in [0.29, 0.717) is 47.1 Å². The summed E-state index contributed by atoms with van der Waals surface area (Å²) in [6.45, 7) is 0.278. The monoisotopic (exact) mass is 622 g/mol. The van der Waals surface area contributed by atoms with Crippen molar-refractivity contribution >= 4 is 11.8 Å². The van der Waals surface area contributed by atoms with Gasteiger partial charge in [0, 0.05) is 30.6 Å². The quantitative estimate of drug-likeness (QED) is 0.295. The minimum absolute atomic E-state index is 0.0558. The molecule has 0 spiro atoms. The van der Waals surface area contributed by atoms with Gasteiger partial charge in [0.05, 0.1) is 32.3 Å². The number of carbonyl (C=O) groups excluding carboxylic acids is 2. The van der Waals surface area contributed by atoms with E-state index < -0.39 is 24.2 Å². The molecule has 7 aliphatic rings. The predicted molar refractivity (Wildman–Crippen MR) is 168 cm³/mol. The lowest BCUT2D eigenvalue weighted by Gasteiger charge is -2.58. The Morgan fingerprint density at radius 3 is 2.38 bits per heavy atom. The van der Waals surface area contributed by atoms with Crippen LogP contribution < -0.4 is 14.8 Å². The number of hydrogen-bond acceptors (Lipinski definition) is 7. The van der Waals surface area contributed by atoms with Crippen molar-refractivity contribution in [1.29, 1.82) is 0 Å². The minimum Gasteiger partial charge on any atom is -0.493 e. The lowest BCUT2D eigenvalue weighted by Crippen LogP contribution is -2.59. The lowest BCUT2D eigenvalue weighted by molar-refractivity contribution is -0.145. The maximum Gasteiger partial charge on any atom is 0.247 e. The number of aliphatic hydroxyl groups excluding tert-OH is 3. The number of aliphatic hydroxyl groups is 3. The fraction of sp³-hybridized carbons (Fsp3) is 0.722. The summed E-state index contributed by atoms with van der Waals surface area (Å²) in [5.74, 6) is 2.73. The number of ether oxygens (including phenoxy) is 2. The van der Waals surface area contributed by atoms with Crippen molar-refractivity contribution in [1.82, 2.24) is 10.2 Å². The molecule has 0 aromatic heterocycles. The Morgan fingerprint density at radius 1 is 1.07 bits per heavy atom. The second-order valence-corrected chi connectivity index (χ2v) is 15.1. The first-order chi connectivity index (χ1) is 21.8. The van der Waals surface area contributed by atoms with Crippen LogP contribution in [0, 0.1) is 29.1 Å². The zero-order valence-electron chi connectivity index (χ0n) is 26.6. The van der Waals surface area contributed by atoms with E-state index in [4.69, 9.17) is 9.47 Å². The van der Waals surface area contributed by atoms with Crippen LogP contribution in [0.1, 0.15) is 94.1 Å². The van der Waals surface area contributed by atoms with E-state index in [-0.39, 0.29) is 37.0 Å². The zero-order chi connectivity index (χ0) is 31.3. The van der Waals surface area contributed by atoms with Crippen LogP contribution in [0.25, 0.3) is 0 Å². The van der Waals surface area contributed by atoms with E-state index in [1.165, 1.54) is 52.1 Å². The first kappa shape index (κ1) is 31.0. The number of rotatable bonds is 11. The number of amides is 2. The van der Waals surface area contributed by atoms with Crippen LogP contribution in [0.3, 0.4) is 0 Å². The summed E-state index contributed by atoms with van der Waals surface area (Å²) in [5, 5.41) is 34.4. The fourth-order valence-corrected chi connectivity index (χ4v) is 10.6. The van der Waals surface area contributed by atoms with Gasteiger partial charge in [-0.25, -0.2) is 0 Å². The van der Waals surface area contributed by atoms with Crippen molar-refractivity contribution in [3.63, 3.8) is 0 Å². The molecule has 1 aromatic carbocycles. The van der Waals surface area contributed by atoms with Gasteiger partial charge in [-0.2, -0.15) is 0 Å². The van der Waals surface area contributed by atoms with Crippen molar-refractivity contribution in [3.05, 3.63) is 34.9 Å². The SMILES string of the molecule is COc1cc(CO)cc2c1OC1C2C(C(=O)NCCO)=CC(N(CC23CC4CC(CC(C4)C2)C3)C(=O)CCC2CCCC2)C1O. The van der Waals surface area contributed by atoms with Gasteiger partial charge in [0.15, 0.2) is 11.5 Å². The number of methoxy groups -OCH3 is 1. The molecule has 5 fully saturated rings. The topological polar surface area (TPSA) is 129 Å². The maximum atomic E-state index is 14.4. The normalized spacial score (nSPS) is 34.6. The van der Waals surface area contributed by atoms with E-state index in [2.05, 4.69) is 5.32 Å². The summed E-state index contributed by atoms with van der Waals surface area (Å²) in [7, 11) is 1.53. The van der Waals surface area contributed by atoms with Gasteiger partial charge < -0.3 is 35.0 Å². The number of nitrogens with one attached hydrogen (secondary N) is 1. The average molecular weight is 623 g/mol. The number of benzene rings is 1. The standard InChI is InChI=1S/C36H50N2O7/c1-44-29-14-25(19-40)13-26-31-27(35(43)37-8-9-39)15-28(32(42)34(31)45-33(26)29)38(30(41)7-6-21-4-2-3-5-21)20-36-16-22-10-23(17-36)12-24(11-22)18-36/h13-15,21-24,28,31-32,34,39-40,42H,2-12,16-20H2,1H3,(H,37,43). The molecule has 9 heteroatoms. The third-order valence-electron chi connectivity index (χ3n) is 12.1. The molecule has 5 saturated carbocycles. The molecule has 4 bridgehead atoms. The van der Waals surface area contributed by atoms with E-state index in [1.54, 1.807) is 6.07 Å². The molecule has 6 aliphatic carbocycles. The van der Waals surface area contributed by atoms with Crippen LogP contribution in [0.15, 0.2) is 23.8 Å². The Morgan fingerprint density at radius 2 is 1.76 bits per heavy atom. The van der Waals surface area contributed by atoms with Crippen molar-refractivity contribution in [2.75, 3.05) is 26.8 Å². The second kappa shape index (κ2) is 12.5. The van der Waals surface area contributed by atoms with Crippen LogP contribution in [-0.4, -0.2) is 77.1 Å². The number of nitrogens with zero attached hydrogens (tertiary/aromatic N) is 1. The molecule has 1 aliphatic heterocycles. The molecule has 246 valence electrons. The molecule has 2 amide bonds. The molecule has 4 N–H and O–H groups in total. The average Bonchev–Trinajstić information content (AvgIpc) is 3.69. The summed E-state index contributed by atoms with van der Waals surface area (Å²) in [5.41, 5.74) is 1.76. The van der Waals surface area contributed by atoms with Crippen molar-refractivity contribution in [2.24, 2.45) is 29.1 Å². The van der Waals surface area contributed by atoms with E-state index in [0.717, 1.165) is 43.4 Å². The number of fused-ring (bicyclic) bond motifs is 3. The molecule has 0 saturated heterocycles. The predicted octanol–water partition coefficient (Wildman–Crippen LogP) is 3.83. The summed E-state index contributed by atoms with van der Waals surface area (Å²) < 4.78 is 12.1. The van der Waals surface area contributed by atoms with E-state index in [1.807, 2.05) is 17.0 Å². The van der Waals surface area contributed by atoms with Gasteiger partial charge in [-0.05, 0) is 97.8 Å². The first-order valence-electron chi connectivity index (χ1n) is 17.4. The van der Waals surface area contributed by atoms with Crippen molar-refractivity contribution in [2.45, 2.75) is 108 Å². The highest BCUT2D eigenvalue weighted by Gasteiger charge is 2.55. The van der Waals surface area contributed by atoms with Crippen LogP contribution in [0.2, 0.25) is 0 Å². The van der Waals surface area contributed by atoms with Crippen LogP contribution >= 0.6 is 0 Å². The Balaban J connectivity index is 1.26. The Bertz CT molecular complexity index is 1290. The third-order valence-corrected chi connectivity index (χ3v) is 12.1. The highest BCUT2D eigenvalue weighted by atomic mass is 16.5. The maximum absolute atomic E-state index is 14.4. The van der Waals surface area contributed by atoms with Gasteiger partial charge in [-0.1, -0.05) is 25.7 Å². The Hall–Kier alpha value is -2.62. The minimum atomic E-state index is -1.07. The molecule has 0 radical (unpaired) electrons. The van der Waals surface area contributed by atoms with Gasteiger partial charge in [0.25, 0.3) is 0 Å². The van der Waals surface area contributed by atoms with Crippen LogP contribution in [0.5, 0.6) is 11.5 Å². The third kappa shape index (κ3) is 5.78.